The first kappa shape index (κ1) is 30.6. The molecular formula is C47H41N3S. The number of nitrogens with zero attached hydrogens (tertiary/aromatic N) is 3. The van der Waals surface area contributed by atoms with E-state index in [2.05, 4.69) is 137 Å². The highest BCUT2D eigenvalue weighted by Crippen LogP contribution is 2.47. The number of benzene rings is 7. The van der Waals surface area contributed by atoms with Gasteiger partial charge in [-0.25, -0.2) is 4.98 Å². The van der Waals surface area contributed by atoms with Gasteiger partial charge in [-0.15, -0.1) is 11.3 Å². The van der Waals surface area contributed by atoms with Crippen molar-refractivity contribution in [3.05, 3.63) is 127 Å². The SMILES string of the molecule is c1ccc2cc(-c3c4ccc(N5CCCCC5)cc4c(-c4ccc(-c5nc6ccccc6s5)cc4)c4ccc(N5CCCCC5)cc34)ccc2c1. The summed E-state index contributed by atoms with van der Waals surface area (Å²) in [4.78, 5) is 10.2. The average molecular weight is 680 g/mol. The Morgan fingerprint density at radius 3 is 1.63 bits per heavy atom. The lowest BCUT2D eigenvalue weighted by Gasteiger charge is -2.30. The van der Waals surface area contributed by atoms with Crippen LogP contribution < -0.4 is 9.80 Å². The smallest absolute Gasteiger partial charge is 0.124 e. The molecule has 2 fully saturated rings. The van der Waals surface area contributed by atoms with Crippen LogP contribution in [-0.4, -0.2) is 31.2 Å². The fourth-order valence-corrected chi connectivity index (χ4v) is 9.62. The van der Waals surface area contributed by atoms with Gasteiger partial charge in [0.2, 0.25) is 0 Å². The lowest BCUT2D eigenvalue weighted by atomic mass is 9.84. The third-order valence-electron chi connectivity index (χ3n) is 11.3. The molecule has 3 nitrogen and oxygen atoms in total. The summed E-state index contributed by atoms with van der Waals surface area (Å²) in [6.07, 6.45) is 7.70. The van der Waals surface area contributed by atoms with Crippen molar-refractivity contribution in [3.63, 3.8) is 0 Å². The third-order valence-corrected chi connectivity index (χ3v) is 12.4. The number of fused-ring (bicyclic) bond motifs is 4. The van der Waals surface area contributed by atoms with E-state index in [0.29, 0.717) is 0 Å². The molecular weight excluding hydrogens is 639 g/mol. The normalized spacial score (nSPS) is 15.4. The third kappa shape index (κ3) is 5.53. The van der Waals surface area contributed by atoms with E-state index in [-0.39, 0.29) is 0 Å². The minimum atomic E-state index is 1.07. The van der Waals surface area contributed by atoms with Crippen LogP contribution in [0.1, 0.15) is 38.5 Å². The van der Waals surface area contributed by atoms with E-state index < -0.39 is 0 Å². The van der Waals surface area contributed by atoms with Crippen molar-refractivity contribution in [3.8, 4) is 32.8 Å². The van der Waals surface area contributed by atoms with E-state index in [0.717, 1.165) is 36.7 Å². The number of thiazole rings is 1. The Morgan fingerprint density at radius 2 is 0.980 bits per heavy atom. The molecule has 0 aliphatic carbocycles. The zero-order chi connectivity index (χ0) is 33.7. The van der Waals surface area contributed by atoms with Crippen molar-refractivity contribution in [2.24, 2.45) is 0 Å². The number of para-hydroxylation sites is 1. The van der Waals surface area contributed by atoms with Gasteiger partial charge < -0.3 is 9.80 Å². The molecule has 2 saturated heterocycles. The number of hydrogen-bond donors (Lipinski definition) is 0. The van der Waals surface area contributed by atoms with Gasteiger partial charge in [-0.2, -0.15) is 0 Å². The molecule has 8 aromatic rings. The summed E-state index contributed by atoms with van der Waals surface area (Å²) in [6.45, 7) is 4.51. The van der Waals surface area contributed by atoms with Gasteiger partial charge in [-0.3, -0.25) is 0 Å². The Bertz CT molecular complexity index is 2520. The second kappa shape index (κ2) is 12.9. The zero-order valence-corrected chi connectivity index (χ0v) is 29.8. The van der Waals surface area contributed by atoms with E-state index in [1.165, 1.54) is 115 Å². The maximum absolute atomic E-state index is 4.98. The number of hydrogen-bond acceptors (Lipinski definition) is 4. The fraction of sp³-hybridized carbons (Fsp3) is 0.213. The second-order valence-electron chi connectivity index (χ2n) is 14.4. The number of rotatable bonds is 5. The summed E-state index contributed by atoms with van der Waals surface area (Å²) in [5.74, 6) is 0. The average Bonchev–Trinajstić information content (AvgIpc) is 3.65. The Kier molecular flexibility index (Phi) is 7.71. The van der Waals surface area contributed by atoms with Gasteiger partial charge in [0.15, 0.2) is 0 Å². The number of anilines is 2. The molecule has 0 unspecified atom stereocenters. The van der Waals surface area contributed by atoms with Crippen LogP contribution in [0.25, 0.3) is 75.4 Å². The Balaban J connectivity index is 1.23. The maximum Gasteiger partial charge on any atom is 0.124 e. The van der Waals surface area contributed by atoms with Crippen LogP contribution in [0.3, 0.4) is 0 Å². The van der Waals surface area contributed by atoms with E-state index in [1.54, 1.807) is 11.3 Å². The first-order valence-electron chi connectivity index (χ1n) is 18.8. The minimum Gasteiger partial charge on any atom is -0.372 e. The molecule has 51 heavy (non-hydrogen) atoms. The summed E-state index contributed by atoms with van der Waals surface area (Å²) >= 11 is 1.77. The predicted octanol–water partition coefficient (Wildman–Crippen LogP) is 12.7. The predicted molar refractivity (Wildman–Crippen MR) is 221 cm³/mol. The van der Waals surface area contributed by atoms with Gasteiger partial charge in [0, 0.05) is 43.1 Å². The Hall–Kier alpha value is -5.19. The van der Waals surface area contributed by atoms with Crippen LogP contribution in [-0.2, 0) is 0 Å². The molecule has 0 bridgehead atoms. The fourth-order valence-electron chi connectivity index (χ4n) is 8.64. The van der Waals surface area contributed by atoms with Crippen molar-refractivity contribution in [2.45, 2.75) is 38.5 Å². The van der Waals surface area contributed by atoms with Gasteiger partial charge in [0.25, 0.3) is 0 Å². The van der Waals surface area contributed by atoms with Gasteiger partial charge in [-0.05, 0) is 136 Å². The van der Waals surface area contributed by atoms with Crippen molar-refractivity contribution < 1.29 is 0 Å². The number of piperidine rings is 2. The molecule has 250 valence electrons. The topological polar surface area (TPSA) is 19.4 Å². The second-order valence-corrected chi connectivity index (χ2v) is 15.5. The Morgan fingerprint density at radius 1 is 0.431 bits per heavy atom. The van der Waals surface area contributed by atoms with Crippen LogP contribution in [0, 0.1) is 0 Å². The summed E-state index contributed by atoms with van der Waals surface area (Å²) in [7, 11) is 0. The molecule has 4 heteroatoms. The number of aromatic nitrogens is 1. The molecule has 1 aromatic heterocycles. The molecule has 0 radical (unpaired) electrons. The lowest BCUT2D eigenvalue weighted by Crippen LogP contribution is -2.29. The van der Waals surface area contributed by atoms with Crippen LogP contribution in [0.15, 0.2) is 127 Å². The molecule has 0 spiro atoms. The van der Waals surface area contributed by atoms with E-state index in [4.69, 9.17) is 4.98 Å². The molecule has 0 amide bonds. The van der Waals surface area contributed by atoms with Crippen molar-refractivity contribution in [2.75, 3.05) is 36.0 Å². The molecule has 0 saturated carbocycles. The van der Waals surface area contributed by atoms with Crippen molar-refractivity contribution in [1.82, 2.24) is 4.98 Å². The van der Waals surface area contributed by atoms with Gasteiger partial charge in [0.05, 0.1) is 10.2 Å². The molecule has 2 aliphatic rings. The summed E-state index contributed by atoms with van der Waals surface area (Å²) in [5, 5.41) is 8.92. The van der Waals surface area contributed by atoms with Gasteiger partial charge >= 0.3 is 0 Å². The van der Waals surface area contributed by atoms with E-state index in [9.17, 15) is 0 Å². The largest absolute Gasteiger partial charge is 0.372 e. The van der Waals surface area contributed by atoms with Gasteiger partial charge in [-0.1, -0.05) is 84.9 Å². The zero-order valence-electron chi connectivity index (χ0n) is 28.9. The molecule has 2 aliphatic heterocycles. The summed E-state index contributed by atoms with van der Waals surface area (Å²) in [5.41, 5.74) is 10.1. The minimum absolute atomic E-state index is 1.07. The maximum atomic E-state index is 4.98. The molecule has 10 rings (SSSR count). The molecule has 0 N–H and O–H groups in total. The van der Waals surface area contributed by atoms with Crippen LogP contribution in [0.4, 0.5) is 11.4 Å². The lowest BCUT2D eigenvalue weighted by molar-refractivity contribution is 0.578. The van der Waals surface area contributed by atoms with Crippen LogP contribution >= 0.6 is 11.3 Å². The first-order chi connectivity index (χ1) is 25.3. The van der Waals surface area contributed by atoms with E-state index >= 15 is 0 Å². The molecule has 0 atom stereocenters. The molecule has 7 aromatic carbocycles. The summed E-state index contributed by atoms with van der Waals surface area (Å²) < 4.78 is 1.23. The monoisotopic (exact) mass is 679 g/mol. The highest BCUT2D eigenvalue weighted by molar-refractivity contribution is 7.21. The first-order valence-corrected chi connectivity index (χ1v) is 19.6. The van der Waals surface area contributed by atoms with Crippen molar-refractivity contribution >= 4 is 65.2 Å². The van der Waals surface area contributed by atoms with E-state index in [1.807, 2.05) is 0 Å². The standard InChI is InChI=1S/C47H41N3S/c1-7-25-49(26-8-1)37-22-24-40-41(30-37)45(33-16-18-34(19-17-33)47-48-43-13-5-6-14-44(43)51-47)39-23-21-38(50-27-9-2-10-28-50)31-42(39)46(40)36-20-15-32-11-3-4-12-35(32)29-36/h3-6,11-24,29-31H,1-2,7-10,25-28H2. The summed E-state index contributed by atoms with van der Waals surface area (Å²) in [6, 6.07) is 48.1. The quantitative estimate of drug-likeness (QED) is 0.169. The Labute approximate surface area is 303 Å². The highest BCUT2D eigenvalue weighted by Gasteiger charge is 2.21. The molecule has 3 heterocycles. The van der Waals surface area contributed by atoms with Crippen LogP contribution in [0.2, 0.25) is 0 Å². The van der Waals surface area contributed by atoms with Crippen LogP contribution in [0.5, 0.6) is 0 Å². The van der Waals surface area contributed by atoms with Crippen molar-refractivity contribution in [1.29, 1.82) is 0 Å². The van der Waals surface area contributed by atoms with Gasteiger partial charge in [0.1, 0.15) is 5.01 Å². The highest BCUT2D eigenvalue weighted by atomic mass is 32.1.